The molecule has 0 aromatic heterocycles. The van der Waals surface area contributed by atoms with Crippen molar-refractivity contribution in [1.29, 1.82) is 0 Å². The summed E-state index contributed by atoms with van der Waals surface area (Å²) < 4.78 is 27.7. The number of benzene rings is 2. The van der Waals surface area contributed by atoms with Crippen LogP contribution in [0, 0.1) is 0 Å². The monoisotopic (exact) mass is 460 g/mol. The van der Waals surface area contributed by atoms with E-state index in [4.69, 9.17) is 23.7 Å². The van der Waals surface area contributed by atoms with E-state index in [1.54, 1.807) is 37.4 Å². The molecule has 5 atom stereocenters. The van der Waals surface area contributed by atoms with Crippen molar-refractivity contribution in [3.8, 4) is 5.75 Å². The van der Waals surface area contributed by atoms with Crippen molar-refractivity contribution < 1.29 is 38.7 Å². The molecule has 1 heterocycles. The first kappa shape index (κ1) is 25.1. The number of carbonyl (C=O) groups excluding carboxylic acids is 1. The summed E-state index contributed by atoms with van der Waals surface area (Å²) in [5.74, 6) is 0.116. The first-order valence-corrected chi connectivity index (χ1v) is 11.1. The summed E-state index contributed by atoms with van der Waals surface area (Å²) in [7, 11) is 1.60. The van der Waals surface area contributed by atoms with Crippen molar-refractivity contribution >= 4 is 5.97 Å². The quantitative estimate of drug-likeness (QED) is 0.390. The van der Waals surface area contributed by atoms with Gasteiger partial charge in [0, 0.05) is 6.61 Å². The summed E-state index contributed by atoms with van der Waals surface area (Å²) in [6.07, 6.45) is -3.96. The molecule has 1 saturated heterocycles. The van der Waals surface area contributed by atoms with E-state index in [-0.39, 0.29) is 6.61 Å². The highest BCUT2D eigenvalue weighted by Crippen LogP contribution is 2.26. The number of rotatable bonds is 11. The summed E-state index contributed by atoms with van der Waals surface area (Å²) in [6.45, 7) is 2.68. The van der Waals surface area contributed by atoms with E-state index >= 15 is 0 Å². The summed E-state index contributed by atoms with van der Waals surface area (Å²) >= 11 is 0. The molecule has 0 bridgehead atoms. The number of hydrogen-bond acceptors (Lipinski definition) is 8. The average Bonchev–Trinajstić information content (AvgIpc) is 2.84. The van der Waals surface area contributed by atoms with Crippen LogP contribution in [-0.4, -0.2) is 67.2 Å². The smallest absolute Gasteiger partial charge is 0.338 e. The van der Waals surface area contributed by atoms with Crippen molar-refractivity contribution in [2.24, 2.45) is 0 Å². The maximum absolute atomic E-state index is 12.5. The fourth-order valence-corrected chi connectivity index (χ4v) is 3.51. The molecule has 5 unspecified atom stereocenters. The Hall–Kier alpha value is -2.49. The molecule has 8 nitrogen and oxygen atoms in total. The SMILES string of the molecule is CCCCOC1C(O)C(COCc2ccc(OC)cc2)OC(O)C1OC(=O)c1ccccc1. The van der Waals surface area contributed by atoms with E-state index in [1.165, 1.54) is 0 Å². The van der Waals surface area contributed by atoms with Gasteiger partial charge in [-0.15, -0.1) is 0 Å². The van der Waals surface area contributed by atoms with Crippen LogP contribution in [-0.2, 0) is 25.6 Å². The summed E-state index contributed by atoms with van der Waals surface area (Å²) in [5.41, 5.74) is 1.25. The first-order chi connectivity index (χ1) is 16.0. The summed E-state index contributed by atoms with van der Waals surface area (Å²) in [5, 5.41) is 21.5. The molecule has 1 fully saturated rings. The molecule has 1 aliphatic rings. The number of hydrogen-bond donors (Lipinski definition) is 2. The number of unbranched alkanes of at least 4 members (excludes halogenated alkanes) is 1. The molecule has 2 aromatic rings. The molecule has 8 heteroatoms. The van der Waals surface area contributed by atoms with Crippen molar-refractivity contribution in [2.45, 2.75) is 57.1 Å². The Morgan fingerprint density at radius 3 is 2.42 bits per heavy atom. The van der Waals surface area contributed by atoms with Crippen molar-refractivity contribution in [1.82, 2.24) is 0 Å². The van der Waals surface area contributed by atoms with Gasteiger partial charge in [0.1, 0.15) is 24.1 Å². The number of carbonyl (C=O) groups is 1. The second-order valence-corrected chi connectivity index (χ2v) is 7.84. The van der Waals surface area contributed by atoms with E-state index in [1.807, 2.05) is 31.2 Å². The molecule has 0 aliphatic carbocycles. The predicted molar refractivity (Wildman–Crippen MR) is 120 cm³/mol. The molecular weight excluding hydrogens is 428 g/mol. The molecule has 0 amide bonds. The van der Waals surface area contributed by atoms with Gasteiger partial charge >= 0.3 is 5.97 Å². The number of aliphatic hydroxyl groups is 2. The van der Waals surface area contributed by atoms with Crippen LogP contribution in [0.2, 0.25) is 0 Å². The van der Waals surface area contributed by atoms with Gasteiger partial charge in [-0.1, -0.05) is 43.7 Å². The van der Waals surface area contributed by atoms with Gasteiger partial charge in [-0.2, -0.15) is 0 Å². The molecule has 2 N–H and O–H groups in total. The number of aliphatic hydroxyl groups excluding tert-OH is 2. The molecule has 1 aliphatic heterocycles. The lowest BCUT2D eigenvalue weighted by Gasteiger charge is -2.42. The first-order valence-electron chi connectivity index (χ1n) is 11.1. The van der Waals surface area contributed by atoms with Gasteiger partial charge in [0.25, 0.3) is 0 Å². The Balaban J connectivity index is 1.62. The second-order valence-electron chi connectivity index (χ2n) is 7.84. The van der Waals surface area contributed by atoms with Crippen LogP contribution in [0.4, 0.5) is 0 Å². The highest BCUT2D eigenvalue weighted by molar-refractivity contribution is 5.89. The fourth-order valence-electron chi connectivity index (χ4n) is 3.51. The zero-order valence-electron chi connectivity index (χ0n) is 19.0. The van der Waals surface area contributed by atoms with Crippen molar-refractivity contribution in [3.05, 3.63) is 65.7 Å². The van der Waals surface area contributed by atoms with Gasteiger partial charge in [-0.3, -0.25) is 0 Å². The molecule has 3 rings (SSSR count). The Bertz CT molecular complexity index is 841. The minimum Gasteiger partial charge on any atom is -0.497 e. The fraction of sp³-hybridized carbons (Fsp3) is 0.480. The van der Waals surface area contributed by atoms with Gasteiger partial charge in [0.2, 0.25) is 0 Å². The van der Waals surface area contributed by atoms with E-state index in [0.717, 1.165) is 24.2 Å². The topological polar surface area (TPSA) is 104 Å². The zero-order chi connectivity index (χ0) is 23.6. The Morgan fingerprint density at radius 2 is 1.76 bits per heavy atom. The van der Waals surface area contributed by atoms with Gasteiger partial charge in [0.05, 0.1) is 25.9 Å². The third-order valence-corrected chi connectivity index (χ3v) is 5.41. The normalized spacial score (nSPS) is 24.9. The van der Waals surface area contributed by atoms with Crippen molar-refractivity contribution in [2.75, 3.05) is 20.3 Å². The van der Waals surface area contributed by atoms with Gasteiger partial charge in [-0.05, 0) is 36.2 Å². The Labute approximate surface area is 194 Å². The van der Waals surface area contributed by atoms with Crippen LogP contribution >= 0.6 is 0 Å². The van der Waals surface area contributed by atoms with Gasteiger partial charge in [0.15, 0.2) is 12.4 Å². The molecule has 0 saturated carbocycles. The van der Waals surface area contributed by atoms with Crippen LogP contribution in [0.3, 0.4) is 0 Å². The number of esters is 1. The lowest BCUT2D eigenvalue weighted by Crippen LogP contribution is -2.60. The highest BCUT2D eigenvalue weighted by atomic mass is 16.7. The zero-order valence-corrected chi connectivity index (χ0v) is 19.0. The number of ether oxygens (including phenoxy) is 5. The molecule has 0 spiro atoms. The summed E-state index contributed by atoms with van der Waals surface area (Å²) in [4.78, 5) is 12.5. The molecule has 180 valence electrons. The van der Waals surface area contributed by atoms with Crippen LogP contribution in [0.1, 0.15) is 35.7 Å². The highest BCUT2D eigenvalue weighted by Gasteiger charge is 2.47. The third-order valence-electron chi connectivity index (χ3n) is 5.41. The van der Waals surface area contributed by atoms with Gasteiger partial charge in [-0.25, -0.2) is 4.79 Å². The Morgan fingerprint density at radius 1 is 1.03 bits per heavy atom. The lowest BCUT2D eigenvalue weighted by atomic mass is 9.98. The maximum Gasteiger partial charge on any atom is 0.338 e. The van der Waals surface area contributed by atoms with Crippen molar-refractivity contribution in [3.63, 3.8) is 0 Å². The van der Waals surface area contributed by atoms with Crippen LogP contribution < -0.4 is 4.74 Å². The third kappa shape index (κ3) is 6.99. The minimum absolute atomic E-state index is 0.0250. The molecule has 33 heavy (non-hydrogen) atoms. The van der Waals surface area contributed by atoms with Crippen LogP contribution in [0.25, 0.3) is 0 Å². The predicted octanol–water partition coefficient (Wildman–Crippen LogP) is 2.70. The van der Waals surface area contributed by atoms with Crippen LogP contribution in [0.15, 0.2) is 54.6 Å². The summed E-state index contributed by atoms with van der Waals surface area (Å²) in [6, 6.07) is 15.8. The minimum atomic E-state index is -1.47. The standard InChI is InChI=1S/C25H32O8/c1-3-4-14-31-22-21(26)20(16-30-15-17-10-12-19(29-2)13-11-17)32-25(28)23(22)33-24(27)18-8-6-5-7-9-18/h5-13,20-23,25-26,28H,3-4,14-16H2,1-2H3. The maximum atomic E-state index is 12.5. The second kappa shape index (κ2) is 12.7. The average molecular weight is 461 g/mol. The molecular formula is C25H32O8. The largest absolute Gasteiger partial charge is 0.497 e. The van der Waals surface area contributed by atoms with E-state index in [9.17, 15) is 15.0 Å². The van der Waals surface area contributed by atoms with E-state index in [0.29, 0.717) is 18.8 Å². The molecule has 2 aromatic carbocycles. The van der Waals surface area contributed by atoms with Crippen LogP contribution in [0.5, 0.6) is 5.75 Å². The van der Waals surface area contributed by atoms with E-state index < -0.39 is 36.7 Å². The van der Waals surface area contributed by atoms with E-state index in [2.05, 4.69) is 0 Å². The molecule has 0 radical (unpaired) electrons. The Kier molecular flexibility index (Phi) is 9.65. The van der Waals surface area contributed by atoms with Gasteiger partial charge < -0.3 is 33.9 Å². The number of methoxy groups -OCH3 is 1. The lowest BCUT2D eigenvalue weighted by molar-refractivity contribution is -0.295.